The Labute approximate surface area is 293 Å². The molecule has 264 valence electrons. The lowest BCUT2D eigenvalue weighted by Gasteiger charge is -2.29. The molecule has 1 amide bonds. The molecule has 3 aliphatic rings. The molecule has 0 radical (unpaired) electrons. The molecule has 48 heavy (non-hydrogen) atoms. The molecule has 17 heteroatoms. The predicted molar refractivity (Wildman–Crippen MR) is 187 cm³/mol. The van der Waals surface area contributed by atoms with E-state index in [4.69, 9.17) is 24.7 Å². The quantitative estimate of drug-likeness (QED) is 0.328. The SMILES string of the molecule is CNCc1cccc2c1OCCOCCOCCN(CCN1CCOCC1)S(=O)(=O)c1ccc(cc1)-c1cnc(N)c(n1)C(=O)N2.Cl.Cl. The third-order valence-electron chi connectivity index (χ3n) is 7.62. The molecule has 14 nitrogen and oxygen atoms in total. The number of nitrogens with zero attached hydrogens (tertiary/aromatic N) is 4. The molecular formula is C31H43Cl2N7O7S. The number of carbonyl (C=O) groups excluding carboxylic acids is 1. The molecule has 2 aromatic carbocycles. The number of sulfonamides is 1. The zero-order chi connectivity index (χ0) is 32.4. The average Bonchev–Trinajstić information content (AvgIpc) is 3.06. The van der Waals surface area contributed by atoms with Crippen LogP contribution in [0.2, 0.25) is 0 Å². The highest BCUT2D eigenvalue weighted by Crippen LogP contribution is 2.30. The van der Waals surface area contributed by atoms with E-state index in [0.29, 0.717) is 68.8 Å². The van der Waals surface area contributed by atoms with Crippen LogP contribution in [0.3, 0.4) is 0 Å². The Morgan fingerprint density at radius 3 is 2.29 bits per heavy atom. The van der Waals surface area contributed by atoms with Crippen molar-refractivity contribution in [2.24, 2.45) is 0 Å². The van der Waals surface area contributed by atoms with Crippen LogP contribution >= 0.6 is 24.8 Å². The number of ether oxygens (including phenoxy) is 4. The molecule has 6 rings (SSSR count). The summed E-state index contributed by atoms with van der Waals surface area (Å²) in [6.45, 7) is 5.67. The fourth-order valence-electron chi connectivity index (χ4n) is 5.14. The minimum absolute atomic E-state index is 0. The number of nitrogens with one attached hydrogen (secondary N) is 2. The van der Waals surface area contributed by atoms with Gasteiger partial charge in [-0.25, -0.2) is 18.4 Å². The van der Waals surface area contributed by atoms with E-state index in [-0.39, 0.29) is 67.6 Å². The molecule has 3 aliphatic heterocycles. The van der Waals surface area contributed by atoms with Crippen molar-refractivity contribution >= 4 is 52.2 Å². The molecule has 0 spiro atoms. The second-order valence-corrected chi connectivity index (χ2v) is 12.7. The van der Waals surface area contributed by atoms with E-state index in [1.54, 1.807) is 18.2 Å². The number of halogens is 2. The normalized spacial score (nSPS) is 18.1. The van der Waals surface area contributed by atoms with Gasteiger partial charge in [-0.3, -0.25) is 9.69 Å². The minimum atomic E-state index is -3.84. The number of nitrogens with two attached hydrogens (primary N) is 1. The van der Waals surface area contributed by atoms with Crippen LogP contribution in [0.15, 0.2) is 53.6 Å². The van der Waals surface area contributed by atoms with Gasteiger partial charge in [0.1, 0.15) is 12.4 Å². The molecule has 0 saturated carbocycles. The van der Waals surface area contributed by atoms with Gasteiger partial charge in [0.15, 0.2) is 11.5 Å². The lowest BCUT2D eigenvalue weighted by atomic mass is 10.1. The number of rotatable bonds is 5. The summed E-state index contributed by atoms with van der Waals surface area (Å²) in [6, 6.07) is 11.8. The highest BCUT2D eigenvalue weighted by atomic mass is 35.5. The first-order chi connectivity index (χ1) is 22.4. The van der Waals surface area contributed by atoms with Crippen molar-refractivity contribution in [2.75, 3.05) is 97.1 Å². The number of morpholine rings is 1. The summed E-state index contributed by atoms with van der Waals surface area (Å²) < 4.78 is 52.0. The zero-order valence-corrected chi connectivity index (χ0v) is 29.2. The van der Waals surface area contributed by atoms with Crippen LogP contribution in [0.1, 0.15) is 16.1 Å². The number of hydrogen-bond acceptors (Lipinski definition) is 12. The smallest absolute Gasteiger partial charge is 0.278 e. The number of nitrogen functional groups attached to an aromatic ring is 1. The Bertz CT molecular complexity index is 1580. The van der Waals surface area contributed by atoms with Crippen molar-refractivity contribution in [2.45, 2.75) is 11.4 Å². The van der Waals surface area contributed by atoms with Gasteiger partial charge in [-0.2, -0.15) is 4.31 Å². The lowest BCUT2D eigenvalue weighted by molar-refractivity contribution is 0.0285. The number of anilines is 2. The second kappa shape index (κ2) is 19.2. The molecule has 1 aromatic heterocycles. The van der Waals surface area contributed by atoms with Crippen LogP contribution in [0.4, 0.5) is 11.5 Å². The summed E-state index contributed by atoms with van der Waals surface area (Å²) in [5, 5.41) is 5.97. The number of carbonyl (C=O) groups is 1. The number of hydrogen-bond donors (Lipinski definition) is 3. The van der Waals surface area contributed by atoms with Gasteiger partial charge in [-0.05, 0) is 25.2 Å². The fourth-order valence-corrected chi connectivity index (χ4v) is 6.55. The first kappa shape index (κ1) is 39.3. The van der Waals surface area contributed by atoms with E-state index in [0.717, 1.165) is 18.7 Å². The molecule has 0 unspecified atom stereocenters. The monoisotopic (exact) mass is 727 g/mol. The number of benzene rings is 2. The topological polar surface area (TPSA) is 170 Å². The minimum Gasteiger partial charge on any atom is -0.489 e. The summed E-state index contributed by atoms with van der Waals surface area (Å²) in [5.74, 6) is -0.108. The number of fused-ring (bicyclic) bond motifs is 13. The van der Waals surface area contributed by atoms with Gasteiger partial charge in [-0.1, -0.05) is 24.3 Å². The van der Waals surface area contributed by atoms with Crippen LogP contribution in [-0.2, 0) is 30.8 Å². The van der Waals surface area contributed by atoms with Crippen molar-refractivity contribution in [1.29, 1.82) is 0 Å². The van der Waals surface area contributed by atoms with Crippen LogP contribution in [0, 0.1) is 0 Å². The van der Waals surface area contributed by atoms with Gasteiger partial charge in [0, 0.05) is 50.4 Å². The molecule has 1 saturated heterocycles. The maximum atomic E-state index is 13.8. The number of aromatic nitrogens is 2. The maximum absolute atomic E-state index is 13.8. The van der Waals surface area contributed by atoms with Crippen LogP contribution < -0.4 is 21.1 Å². The van der Waals surface area contributed by atoms with Gasteiger partial charge in [0.25, 0.3) is 5.91 Å². The van der Waals surface area contributed by atoms with E-state index in [9.17, 15) is 13.2 Å². The van der Waals surface area contributed by atoms with Crippen molar-refractivity contribution < 1.29 is 32.2 Å². The molecule has 4 heterocycles. The third kappa shape index (κ3) is 10.2. The van der Waals surface area contributed by atoms with Crippen molar-refractivity contribution in [3.8, 4) is 17.0 Å². The molecular weight excluding hydrogens is 685 g/mol. The molecule has 3 aromatic rings. The Hall–Kier alpha value is -3.12. The first-order valence-corrected chi connectivity index (χ1v) is 16.7. The number of para-hydroxylation sites is 1. The maximum Gasteiger partial charge on any atom is 0.278 e. The summed E-state index contributed by atoms with van der Waals surface area (Å²) in [6.07, 6.45) is 1.45. The van der Waals surface area contributed by atoms with Gasteiger partial charge in [-0.15, -0.1) is 24.8 Å². The average molecular weight is 729 g/mol. The van der Waals surface area contributed by atoms with E-state index in [2.05, 4.69) is 25.5 Å². The van der Waals surface area contributed by atoms with E-state index in [1.165, 1.54) is 22.6 Å². The summed E-state index contributed by atoms with van der Waals surface area (Å²) >= 11 is 0. The molecule has 1 fully saturated rings. The van der Waals surface area contributed by atoms with Gasteiger partial charge in [0.05, 0.1) is 62.1 Å². The summed E-state index contributed by atoms with van der Waals surface area (Å²) in [4.78, 5) is 24.5. The number of amides is 1. The fraction of sp³-hybridized carbons (Fsp3) is 0.452. The Morgan fingerprint density at radius 1 is 0.896 bits per heavy atom. The van der Waals surface area contributed by atoms with Crippen LogP contribution in [0.5, 0.6) is 5.75 Å². The highest BCUT2D eigenvalue weighted by Gasteiger charge is 2.26. The molecule has 0 atom stereocenters. The van der Waals surface area contributed by atoms with Crippen molar-refractivity contribution in [1.82, 2.24) is 24.5 Å². The standard InChI is InChI=1S/C31H41N7O7S.2ClH/c1-33-21-24-3-2-4-26-29(24)45-20-19-44-18-17-43-16-13-38(10-9-37-11-14-42-15-12-37)46(40,41)25-7-5-23(6-8-25)27-22-34-30(32)28(35-27)31(39)36-26;;/h2-8,22,33H,9-21H2,1H3,(H2,32,34)(H,36,39);2*1H. The van der Waals surface area contributed by atoms with Crippen LogP contribution in [0.25, 0.3) is 11.3 Å². The van der Waals surface area contributed by atoms with Gasteiger partial charge in [0.2, 0.25) is 10.0 Å². The second-order valence-electron chi connectivity index (χ2n) is 10.7. The Morgan fingerprint density at radius 2 is 1.56 bits per heavy atom. The van der Waals surface area contributed by atoms with Crippen molar-refractivity contribution in [3.63, 3.8) is 0 Å². The third-order valence-corrected chi connectivity index (χ3v) is 9.53. The van der Waals surface area contributed by atoms with E-state index in [1.807, 2.05) is 19.2 Å². The largest absolute Gasteiger partial charge is 0.489 e. The highest BCUT2D eigenvalue weighted by molar-refractivity contribution is 7.89. The molecule has 4 N–H and O–H groups in total. The molecule has 0 aliphatic carbocycles. The first-order valence-electron chi connectivity index (χ1n) is 15.3. The Balaban J connectivity index is 0.00000312. The van der Waals surface area contributed by atoms with E-state index < -0.39 is 15.9 Å². The van der Waals surface area contributed by atoms with Gasteiger partial charge < -0.3 is 35.3 Å². The Kier molecular flexibility index (Phi) is 15.7. The van der Waals surface area contributed by atoms with E-state index >= 15 is 0 Å². The van der Waals surface area contributed by atoms with Crippen LogP contribution in [-0.4, -0.2) is 120 Å². The van der Waals surface area contributed by atoms with Crippen molar-refractivity contribution in [3.05, 3.63) is 59.9 Å². The summed E-state index contributed by atoms with van der Waals surface area (Å²) in [5.41, 5.74) is 8.24. The summed E-state index contributed by atoms with van der Waals surface area (Å²) in [7, 11) is -2.02. The predicted octanol–water partition coefficient (Wildman–Crippen LogP) is 2.29. The molecule has 4 bridgehead atoms. The lowest BCUT2D eigenvalue weighted by Crippen LogP contribution is -2.44. The van der Waals surface area contributed by atoms with Gasteiger partial charge >= 0.3 is 0 Å². The zero-order valence-electron chi connectivity index (χ0n) is 26.8.